The van der Waals surface area contributed by atoms with Crippen molar-refractivity contribution in [3.63, 3.8) is 0 Å². The Labute approximate surface area is 113 Å². The summed E-state index contributed by atoms with van der Waals surface area (Å²) >= 11 is 0. The second-order valence-electron chi connectivity index (χ2n) is 4.42. The Morgan fingerprint density at radius 1 is 1.16 bits per heavy atom. The van der Waals surface area contributed by atoms with Gasteiger partial charge in [0.2, 0.25) is 0 Å². The normalized spacial score (nSPS) is 12.7. The molecule has 0 aliphatic heterocycles. The standard InChI is InChI=1S/C15H20N2O2/c1-18-10-11-19-9-7-14(16)13-6-2-4-12-5-3-8-17-15(12)13/h2-6,8,14H,7,9-11,16H2,1H3. The topological polar surface area (TPSA) is 57.4 Å². The van der Waals surface area contributed by atoms with E-state index in [1.165, 1.54) is 0 Å². The Morgan fingerprint density at radius 3 is 2.84 bits per heavy atom. The molecule has 0 saturated carbocycles. The third-order valence-electron chi connectivity index (χ3n) is 3.07. The maximum Gasteiger partial charge on any atom is 0.0749 e. The molecular formula is C15H20N2O2. The summed E-state index contributed by atoms with van der Waals surface area (Å²) in [6.07, 6.45) is 2.58. The van der Waals surface area contributed by atoms with Gasteiger partial charge >= 0.3 is 0 Å². The van der Waals surface area contributed by atoms with Crippen LogP contribution in [0.4, 0.5) is 0 Å². The Morgan fingerprint density at radius 2 is 2.00 bits per heavy atom. The summed E-state index contributed by atoms with van der Waals surface area (Å²) in [7, 11) is 1.66. The van der Waals surface area contributed by atoms with Crippen molar-refractivity contribution in [1.82, 2.24) is 4.98 Å². The van der Waals surface area contributed by atoms with Gasteiger partial charge in [-0.2, -0.15) is 0 Å². The van der Waals surface area contributed by atoms with Crippen LogP contribution in [0.2, 0.25) is 0 Å². The summed E-state index contributed by atoms with van der Waals surface area (Å²) in [6, 6.07) is 10.0. The van der Waals surface area contributed by atoms with Crippen LogP contribution in [0.5, 0.6) is 0 Å². The summed E-state index contributed by atoms with van der Waals surface area (Å²) in [5, 5.41) is 1.12. The molecule has 2 aromatic rings. The van der Waals surface area contributed by atoms with Crippen molar-refractivity contribution < 1.29 is 9.47 Å². The van der Waals surface area contributed by atoms with E-state index in [-0.39, 0.29) is 6.04 Å². The minimum absolute atomic E-state index is 0.0545. The molecule has 4 heteroatoms. The van der Waals surface area contributed by atoms with Gasteiger partial charge in [-0.15, -0.1) is 0 Å². The lowest BCUT2D eigenvalue weighted by Gasteiger charge is -2.14. The van der Waals surface area contributed by atoms with Gasteiger partial charge in [0.05, 0.1) is 18.7 Å². The first-order chi connectivity index (χ1) is 9.33. The Kier molecular flexibility index (Phi) is 5.27. The van der Waals surface area contributed by atoms with Crippen molar-refractivity contribution in [2.24, 2.45) is 5.73 Å². The summed E-state index contributed by atoms with van der Waals surface area (Å²) in [6.45, 7) is 1.86. The fourth-order valence-corrected chi connectivity index (χ4v) is 2.04. The molecule has 1 aromatic heterocycles. The van der Waals surface area contributed by atoms with Crippen LogP contribution in [-0.2, 0) is 9.47 Å². The Balaban J connectivity index is 1.99. The highest BCUT2D eigenvalue weighted by molar-refractivity contribution is 5.81. The molecule has 19 heavy (non-hydrogen) atoms. The van der Waals surface area contributed by atoms with E-state index in [4.69, 9.17) is 15.2 Å². The number of pyridine rings is 1. The molecule has 0 bridgehead atoms. The fraction of sp³-hybridized carbons (Fsp3) is 0.400. The lowest BCUT2D eigenvalue weighted by atomic mass is 10.0. The zero-order valence-electron chi connectivity index (χ0n) is 11.2. The van der Waals surface area contributed by atoms with Crippen molar-refractivity contribution in [1.29, 1.82) is 0 Å². The van der Waals surface area contributed by atoms with Gasteiger partial charge in [-0.3, -0.25) is 4.98 Å². The summed E-state index contributed by atoms with van der Waals surface area (Å²) in [5.74, 6) is 0. The number of nitrogens with two attached hydrogens (primary N) is 1. The van der Waals surface area contributed by atoms with Crippen LogP contribution in [0.3, 0.4) is 0 Å². The zero-order chi connectivity index (χ0) is 13.5. The molecule has 1 heterocycles. The molecule has 0 saturated heterocycles. The van der Waals surface area contributed by atoms with Gasteiger partial charge in [-0.25, -0.2) is 0 Å². The third kappa shape index (κ3) is 3.73. The van der Waals surface area contributed by atoms with Crippen LogP contribution in [0.25, 0.3) is 10.9 Å². The average Bonchev–Trinajstić information content (AvgIpc) is 2.46. The van der Waals surface area contributed by atoms with Crippen molar-refractivity contribution >= 4 is 10.9 Å². The highest BCUT2D eigenvalue weighted by atomic mass is 16.5. The monoisotopic (exact) mass is 260 g/mol. The number of hydrogen-bond acceptors (Lipinski definition) is 4. The second-order valence-corrected chi connectivity index (χ2v) is 4.42. The largest absolute Gasteiger partial charge is 0.382 e. The first kappa shape index (κ1) is 13.9. The van der Waals surface area contributed by atoms with Crippen LogP contribution in [0.15, 0.2) is 36.5 Å². The minimum atomic E-state index is -0.0545. The number of ether oxygens (including phenoxy) is 2. The quantitative estimate of drug-likeness (QED) is 0.776. The number of rotatable bonds is 7. The lowest BCUT2D eigenvalue weighted by Crippen LogP contribution is -2.15. The highest BCUT2D eigenvalue weighted by Crippen LogP contribution is 2.22. The van der Waals surface area contributed by atoms with E-state index in [2.05, 4.69) is 4.98 Å². The van der Waals surface area contributed by atoms with Crippen LogP contribution < -0.4 is 5.73 Å². The van der Waals surface area contributed by atoms with Gasteiger partial charge in [-0.1, -0.05) is 24.3 Å². The molecular weight excluding hydrogens is 240 g/mol. The van der Waals surface area contributed by atoms with Crippen molar-refractivity contribution in [2.45, 2.75) is 12.5 Å². The third-order valence-corrected chi connectivity index (χ3v) is 3.07. The molecule has 0 amide bonds. The number of methoxy groups -OCH3 is 1. The van der Waals surface area contributed by atoms with Crippen molar-refractivity contribution in [3.05, 3.63) is 42.1 Å². The maximum absolute atomic E-state index is 6.22. The number of fused-ring (bicyclic) bond motifs is 1. The molecule has 1 atom stereocenters. The average molecular weight is 260 g/mol. The van der Waals surface area contributed by atoms with E-state index >= 15 is 0 Å². The predicted molar refractivity (Wildman–Crippen MR) is 76.0 cm³/mol. The molecule has 0 aliphatic rings. The van der Waals surface area contributed by atoms with Crippen molar-refractivity contribution in [2.75, 3.05) is 26.9 Å². The van der Waals surface area contributed by atoms with E-state index in [9.17, 15) is 0 Å². The van der Waals surface area contributed by atoms with E-state index in [1.54, 1.807) is 13.3 Å². The molecule has 0 aliphatic carbocycles. The van der Waals surface area contributed by atoms with E-state index in [0.29, 0.717) is 19.8 Å². The molecule has 2 rings (SSSR count). The number of nitrogens with zero attached hydrogens (tertiary/aromatic N) is 1. The lowest BCUT2D eigenvalue weighted by molar-refractivity contribution is 0.0672. The molecule has 0 spiro atoms. The molecule has 1 unspecified atom stereocenters. The first-order valence-electron chi connectivity index (χ1n) is 6.49. The van der Waals surface area contributed by atoms with Gasteiger partial charge in [0.1, 0.15) is 0 Å². The minimum Gasteiger partial charge on any atom is -0.382 e. The van der Waals surface area contributed by atoms with Crippen LogP contribution in [-0.4, -0.2) is 31.9 Å². The molecule has 2 N–H and O–H groups in total. The van der Waals surface area contributed by atoms with Crippen LogP contribution >= 0.6 is 0 Å². The Bertz CT molecular complexity index is 511. The van der Waals surface area contributed by atoms with Crippen molar-refractivity contribution in [3.8, 4) is 0 Å². The predicted octanol–water partition coefficient (Wildman–Crippen LogP) is 2.29. The summed E-state index contributed by atoms with van der Waals surface area (Å²) in [4.78, 5) is 4.42. The van der Waals surface area contributed by atoms with E-state index < -0.39 is 0 Å². The van der Waals surface area contributed by atoms with Crippen LogP contribution in [0.1, 0.15) is 18.0 Å². The second kappa shape index (κ2) is 7.19. The van der Waals surface area contributed by atoms with E-state index in [1.807, 2.05) is 30.3 Å². The number of benzene rings is 1. The number of para-hydroxylation sites is 1. The van der Waals surface area contributed by atoms with Gasteiger partial charge in [0.25, 0.3) is 0 Å². The first-order valence-corrected chi connectivity index (χ1v) is 6.49. The summed E-state index contributed by atoms with van der Waals surface area (Å²) < 4.78 is 10.4. The zero-order valence-corrected chi connectivity index (χ0v) is 11.2. The Hall–Kier alpha value is -1.49. The van der Waals surface area contributed by atoms with Gasteiger partial charge in [0.15, 0.2) is 0 Å². The molecule has 0 radical (unpaired) electrons. The molecule has 4 nitrogen and oxygen atoms in total. The van der Waals surface area contributed by atoms with Gasteiger partial charge in [-0.05, 0) is 18.1 Å². The highest BCUT2D eigenvalue weighted by Gasteiger charge is 2.10. The van der Waals surface area contributed by atoms with Crippen LogP contribution in [0, 0.1) is 0 Å². The van der Waals surface area contributed by atoms with Gasteiger partial charge in [0, 0.05) is 31.3 Å². The van der Waals surface area contributed by atoms with Gasteiger partial charge < -0.3 is 15.2 Å². The fourth-order valence-electron chi connectivity index (χ4n) is 2.04. The molecule has 102 valence electrons. The number of hydrogen-bond donors (Lipinski definition) is 1. The number of aromatic nitrogens is 1. The smallest absolute Gasteiger partial charge is 0.0749 e. The summed E-state index contributed by atoms with van der Waals surface area (Å²) in [5.41, 5.74) is 8.28. The molecule has 1 aromatic carbocycles. The maximum atomic E-state index is 6.22. The molecule has 0 fully saturated rings. The van der Waals surface area contributed by atoms with E-state index in [0.717, 1.165) is 22.9 Å². The SMILES string of the molecule is COCCOCCC(N)c1cccc2cccnc12.